The average molecular weight is 594 g/mol. The molecule has 0 saturated heterocycles. The molecular weight excluding hydrogens is 554 g/mol. The van der Waals surface area contributed by atoms with Crippen LogP contribution in [0.1, 0.15) is 34.6 Å². The Labute approximate surface area is 248 Å². The molecule has 3 N–H and O–H groups in total. The maximum absolute atomic E-state index is 13.0. The molecule has 11 heteroatoms. The standard InChI is InChI=1S/C23H28N4O4S.C8H11NO/c1-5-26(6-2)32(29,30)19-14-12-18(13-15-19)27-23(28)20(17(4)25-27)16-24-21-10-8-9-11-22(21)31-7-3;1-2-10-8-6-4-3-5-7(8)9/h8-16,24H,5-7H2,1-4H3;3-6H,2,9H2,1H3. The lowest BCUT2D eigenvalue weighted by molar-refractivity contribution is -0.114. The van der Waals surface area contributed by atoms with Gasteiger partial charge in [-0.15, -0.1) is 0 Å². The maximum atomic E-state index is 13.0. The number of hydrazone groups is 1. The Morgan fingerprint density at radius 3 is 2.05 bits per heavy atom. The zero-order valence-electron chi connectivity index (χ0n) is 24.7. The van der Waals surface area contributed by atoms with Crippen LogP contribution >= 0.6 is 0 Å². The van der Waals surface area contributed by atoms with Crippen LogP contribution in [0.4, 0.5) is 17.1 Å². The van der Waals surface area contributed by atoms with Crippen LogP contribution in [0.2, 0.25) is 0 Å². The minimum absolute atomic E-state index is 0.183. The molecule has 1 aliphatic rings. The number of hydrogen-bond acceptors (Lipinski definition) is 8. The van der Waals surface area contributed by atoms with Crippen molar-refractivity contribution < 1.29 is 22.7 Å². The number of anilines is 3. The Balaban J connectivity index is 0.000000408. The van der Waals surface area contributed by atoms with Crippen LogP contribution in [0.15, 0.2) is 94.6 Å². The van der Waals surface area contributed by atoms with E-state index in [9.17, 15) is 13.2 Å². The number of nitrogen functional groups attached to an aromatic ring is 1. The quantitative estimate of drug-likeness (QED) is 0.222. The van der Waals surface area contributed by atoms with Crippen LogP contribution in [0.25, 0.3) is 0 Å². The van der Waals surface area contributed by atoms with Gasteiger partial charge in [0.2, 0.25) is 10.0 Å². The van der Waals surface area contributed by atoms with E-state index in [4.69, 9.17) is 15.2 Å². The van der Waals surface area contributed by atoms with Crippen molar-refractivity contribution in [1.82, 2.24) is 4.31 Å². The fourth-order valence-corrected chi connectivity index (χ4v) is 5.57. The van der Waals surface area contributed by atoms with E-state index in [1.807, 2.05) is 62.4 Å². The molecule has 0 spiro atoms. The van der Waals surface area contributed by atoms with Crippen molar-refractivity contribution in [2.24, 2.45) is 5.10 Å². The molecule has 0 saturated carbocycles. The van der Waals surface area contributed by atoms with Gasteiger partial charge in [-0.1, -0.05) is 38.1 Å². The van der Waals surface area contributed by atoms with E-state index in [1.54, 1.807) is 39.1 Å². The Morgan fingerprint density at radius 1 is 0.881 bits per heavy atom. The van der Waals surface area contributed by atoms with Crippen molar-refractivity contribution >= 4 is 38.7 Å². The minimum Gasteiger partial charge on any atom is -0.492 e. The third kappa shape index (κ3) is 7.68. The van der Waals surface area contributed by atoms with Gasteiger partial charge in [-0.05, 0) is 69.3 Å². The van der Waals surface area contributed by atoms with Gasteiger partial charge >= 0.3 is 0 Å². The number of carbonyl (C=O) groups is 1. The molecule has 0 fully saturated rings. The lowest BCUT2D eigenvalue weighted by Crippen LogP contribution is -2.30. The summed E-state index contributed by atoms with van der Waals surface area (Å²) >= 11 is 0. The molecule has 0 aromatic heterocycles. The number of benzene rings is 3. The monoisotopic (exact) mass is 593 g/mol. The van der Waals surface area contributed by atoms with Crippen molar-refractivity contribution in [3.8, 4) is 11.5 Å². The van der Waals surface area contributed by atoms with Gasteiger partial charge in [0.05, 0.1) is 46.5 Å². The SMILES string of the molecule is CCOc1ccccc1N.CCOc1ccccc1NC=C1C(=O)N(c2ccc(S(=O)(=O)N(CC)CC)cc2)N=C1C. The van der Waals surface area contributed by atoms with Crippen LogP contribution in [0, 0.1) is 0 Å². The number of nitrogens with two attached hydrogens (primary N) is 1. The predicted molar refractivity (Wildman–Crippen MR) is 168 cm³/mol. The number of ether oxygens (including phenoxy) is 2. The largest absolute Gasteiger partial charge is 0.492 e. The molecule has 1 aliphatic heterocycles. The van der Waals surface area contributed by atoms with Crippen LogP contribution in [0.5, 0.6) is 11.5 Å². The summed E-state index contributed by atoms with van der Waals surface area (Å²) in [5, 5.41) is 8.75. The molecule has 42 heavy (non-hydrogen) atoms. The van der Waals surface area contributed by atoms with Crippen molar-refractivity contribution in [3.63, 3.8) is 0 Å². The van der Waals surface area contributed by atoms with E-state index < -0.39 is 10.0 Å². The van der Waals surface area contributed by atoms with Crippen LogP contribution in [-0.4, -0.2) is 50.6 Å². The second kappa shape index (κ2) is 15.0. The molecule has 10 nitrogen and oxygen atoms in total. The first kappa shape index (κ1) is 32.2. The van der Waals surface area contributed by atoms with E-state index in [1.165, 1.54) is 21.4 Å². The molecule has 1 heterocycles. The van der Waals surface area contributed by atoms with E-state index in [-0.39, 0.29) is 10.8 Å². The van der Waals surface area contributed by atoms with E-state index in [0.717, 1.165) is 11.4 Å². The molecule has 0 radical (unpaired) electrons. The summed E-state index contributed by atoms with van der Waals surface area (Å²) in [7, 11) is -3.56. The Kier molecular flexibility index (Phi) is 11.5. The molecule has 1 amide bonds. The molecule has 3 aromatic carbocycles. The molecule has 4 rings (SSSR count). The van der Waals surface area contributed by atoms with Gasteiger partial charge in [-0.2, -0.15) is 14.4 Å². The smallest absolute Gasteiger partial charge is 0.282 e. The highest BCUT2D eigenvalue weighted by atomic mass is 32.2. The first-order valence-electron chi connectivity index (χ1n) is 13.8. The van der Waals surface area contributed by atoms with Crippen molar-refractivity contribution in [2.75, 3.05) is 42.4 Å². The summed E-state index contributed by atoms with van der Waals surface area (Å²) < 4.78 is 37.6. The molecule has 0 atom stereocenters. The van der Waals surface area contributed by atoms with Gasteiger partial charge in [0.1, 0.15) is 11.5 Å². The normalized spacial score (nSPS) is 14.0. The van der Waals surface area contributed by atoms with Crippen LogP contribution in [0.3, 0.4) is 0 Å². The molecule has 0 aliphatic carbocycles. The van der Waals surface area contributed by atoms with Gasteiger partial charge in [0.15, 0.2) is 0 Å². The highest BCUT2D eigenvalue weighted by molar-refractivity contribution is 7.89. The van der Waals surface area contributed by atoms with E-state index in [0.29, 0.717) is 54.7 Å². The van der Waals surface area contributed by atoms with E-state index in [2.05, 4.69) is 10.4 Å². The van der Waals surface area contributed by atoms with Crippen molar-refractivity contribution in [3.05, 3.63) is 84.6 Å². The zero-order valence-corrected chi connectivity index (χ0v) is 25.5. The Morgan fingerprint density at radius 2 is 1.45 bits per heavy atom. The highest BCUT2D eigenvalue weighted by Crippen LogP contribution is 2.28. The number of sulfonamides is 1. The fraction of sp³-hybridized carbons (Fsp3) is 0.290. The van der Waals surface area contributed by atoms with Crippen molar-refractivity contribution in [2.45, 2.75) is 39.5 Å². The maximum Gasteiger partial charge on any atom is 0.282 e. The summed E-state index contributed by atoms with van der Waals surface area (Å²) in [5.41, 5.74) is 8.48. The highest BCUT2D eigenvalue weighted by Gasteiger charge is 2.29. The molecule has 224 valence electrons. The first-order chi connectivity index (χ1) is 20.2. The molecule has 0 unspecified atom stereocenters. The molecule has 0 bridgehead atoms. The number of nitrogens with zero attached hydrogens (tertiary/aromatic N) is 3. The van der Waals surface area contributed by atoms with E-state index >= 15 is 0 Å². The lowest BCUT2D eigenvalue weighted by atomic mass is 10.2. The van der Waals surface area contributed by atoms with Gasteiger partial charge in [-0.3, -0.25) is 4.79 Å². The third-order valence-corrected chi connectivity index (χ3v) is 8.33. The topological polar surface area (TPSA) is 127 Å². The fourth-order valence-electron chi connectivity index (χ4n) is 4.12. The summed E-state index contributed by atoms with van der Waals surface area (Å²) in [6.07, 6.45) is 1.61. The lowest BCUT2D eigenvalue weighted by Gasteiger charge is -2.19. The van der Waals surface area contributed by atoms with Crippen LogP contribution in [-0.2, 0) is 14.8 Å². The first-order valence-corrected chi connectivity index (χ1v) is 15.3. The number of amides is 1. The molecular formula is C31H39N5O5S. The number of nitrogens with one attached hydrogen (secondary N) is 1. The third-order valence-electron chi connectivity index (χ3n) is 6.26. The number of carbonyl (C=O) groups excluding carboxylic acids is 1. The van der Waals surface area contributed by atoms with Gasteiger partial charge in [0, 0.05) is 19.3 Å². The van der Waals surface area contributed by atoms with Crippen molar-refractivity contribution in [1.29, 1.82) is 0 Å². The number of para-hydroxylation sites is 4. The molecule has 3 aromatic rings. The number of rotatable bonds is 11. The average Bonchev–Trinajstić information content (AvgIpc) is 3.27. The zero-order chi connectivity index (χ0) is 30.7. The van der Waals surface area contributed by atoms with Gasteiger partial charge in [0.25, 0.3) is 5.91 Å². The second-order valence-corrected chi connectivity index (χ2v) is 10.9. The Hall–Kier alpha value is -4.35. The summed E-state index contributed by atoms with van der Waals surface area (Å²) in [5.74, 6) is 1.15. The predicted octanol–water partition coefficient (Wildman–Crippen LogP) is 5.50. The van der Waals surface area contributed by atoms with Crippen LogP contribution < -0.4 is 25.5 Å². The Bertz CT molecular complexity index is 1520. The van der Waals surface area contributed by atoms with Gasteiger partial charge in [-0.25, -0.2) is 8.42 Å². The second-order valence-electron chi connectivity index (χ2n) is 8.99. The van der Waals surface area contributed by atoms with Gasteiger partial charge < -0.3 is 20.5 Å². The summed E-state index contributed by atoms with van der Waals surface area (Å²) in [4.78, 5) is 13.2. The minimum atomic E-state index is -3.56. The summed E-state index contributed by atoms with van der Waals surface area (Å²) in [6, 6.07) is 21.1. The summed E-state index contributed by atoms with van der Waals surface area (Å²) in [6.45, 7) is 11.2. The number of hydrogen-bond donors (Lipinski definition) is 2.